The molecule has 70 valence electrons. The lowest BCUT2D eigenvalue weighted by atomic mass is 10.1. The number of aromatic amines is 1. The van der Waals surface area contributed by atoms with Gasteiger partial charge in [0.15, 0.2) is 0 Å². The van der Waals surface area contributed by atoms with Crippen LogP contribution >= 0.6 is 0 Å². The number of fused-ring (bicyclic) bond motifs is 1. The van der Waals surface area contributed by atoms with Crippen molar-refractivity contribution < 1.29 is 0 Å². The number of imidazole rings is 1. The first-order valence-corrected chi connectivity index (χ1v) is 4.50. The molecule has 0 unspecified atom stereocenters. The highest BCUT2D eigenvalue weighted by atomic mass is 14.9. The van der Waals surface area contributed by atoms with Crippen molar-refractivity contribution in [1.29, 1.82) is 0 Å². The molecule has 0 aliphatic carbocycles. The molecule has 0 bridgehead atoms. The van der Waals surface area contributed by atoms with E-state index in [-0.39, 0.29) is 0 Å². The van der Waals surface area contributed by atoms with Gasteiger partial charge in [0.25, 0.3) is 0 Å². The molecule has 0 aliphatic heterocycles. The fourth-order valence-corrected chi connectivity index (χ4v) is 1.57. The number of nitrogens with zero attached hydrogens (tertiary/aromatic N) is 1. The minimum absolute atomic E-state index is 0.927. The fourth-order valence-electron chi connectivity index (χ4n) is 1.57. The Kier molecular flexibility index (Phi) is 1.97. The Labute approximate surface area is 83.0 Å². The Morgan fingerprint density at radius 2 is 1.86 bits per heavy atom. The standard InChI is InChI=1S/C12H12N2/c1-4-9-6-11-12(7-10(9)5-2)14-8(3)13-11/h4-7H,1-2H2,3H3,(H,13,14). The lowest BCUT2D eigenvalue weighted by Gasteiger charge is -1.99. The van der Waals surface area contributed by atoms with Crippen molar-refractivity contribution in [3.63, 3.8) is 0 Å². The summed E-state index contributed by atoms with van der Waals surface area (Å²) in [6.45, 7) is 9.48. The monoisotopic (exact) mass is 184 g/mol. The second-order valence-electron chi connectivity index (χ2n) is 3.23. The maximum Gasteiger partial charge on any atom is 0.104 e. The molecule has 1 N–H and O–H groups in total. The highest BCUT2D eigenvalue weighted by Gasteiger charge is 2.02. The van der Waals surface area contributed by atoms with Crippen LogP contribution in [-0.4, -0.2) is 9.97 Å². The number of hydrogen-bond donors (Lipinski definition) is 1. The number of nitrogens with one attached hydrogen (secondary N) is 1. The number of rotatable bonds is 2. The molecular formula is C12H12N2. The zero-order chi connectivity index (χ0) is 10.1. The summed E-state index contributed by atoms with van der Waals surface area (Å²) in [5.41, 5.74) is 4.17. The maximum atomic E-state index is 4.36. The summed E-state index contributed by atoms with van der Waals surface area (Å²) in [4.78, 5) is 7.55. The molecule has 0 saturated carbocycles. The number of aromatic nitrogens is 2. The SMILES string of the molecule is C=Cc1cc2nc(C)[nH]c2cc1C=C. The van der Waals surface area contributed by atoms with Gasteiger partial charge in [0.05, 0.1) is 11.0 Å². The van der Waals surface area contributed by atoms with Gasteiger partial charge < -0.3 is 4.98 Å². The minimum Gasteiger partial charge on any atom is -0.342 e. The number of aryl methyl sites for hydroxylation is 1. The number of benzene rings is 1. The molecule has 1 heterocycles. The molecular weight excluding hydrogens is 172 g/mol. The molecule has 2 rings (SSSR count). The van der Waals surface area contributed by atoms with Crippen molar-refractivity contribution in [3.05, 3.63) is 42.2 Å². The van der Waals surface area contributed by atoms with Gasteiger partial charge in [0.1, 0.15) is 5.82 Å². The van der Waals surface area contributed by atoms with Crippen LogP contribution in [0.4, 0.5) is 0 Å². The summed E-state index contributed by atoms with van der Waals surface area (Å²) in [7, 11) is 0. The van der Waals surface area contributed by atoms with Gasteiger partial charge in [-0.15, -0.1) is 0 Å². The predicted molar refractivity (Wildman–Crippen MR) is 61.0 cm³/mol. The summed E-state index contributed by atoms with van der Waals surface area (Å²) in [6, 6.07) is 4.06. The number of hydrogen-bond acceptors (Lipinski definition) is 1. The van der Waals surface area contributed by atoms with Gasteiger partial charge in [-0.05, 0) is 30.2 Å². The minimum atomic E-state index is 0.927. The van der Waals surface area contributed by atoms with Gasteiger partial charge in [-0.25, -0.2) is 4.98 Å². The van der Waals surface area contributed by atoms with Gasteiger partial charge in [-0.1, -0.05) is 25.3 Å². The molecule has 0 atom stereocenters. The lowest BCUT2D eigenvalue weighted by Crippen LogP contribution is -1.80. The molecule has 0 amide bonds. The molecule has 2 aromatic rings. The highest BCUT2D eigenvalue weighted by molar-refractivity contribution is 5.83. The van der Waals surface area contributed by atoms with E-state index in [2.05, 4.69) is 23.1 Å². The molecule has 2 nitrogen and oxygen atoms in total. The Hall–Kier alpha value is -1.83. The Bertz CT molecular complexity index is 461. The van der Waals surface area contributed by atoms with Crippen molar-refractivity contribution in [2.75, 3.05) is 0 Å². The van der Waals surface area contributed by atoms with E-state index in [0.717, 1.165) is 28.0 Å². The van der Waals surface area contributed by atoms with Gasteiger partial charge in [0, 0.05) is 0 Å². The molecule has 14 heavy (non-hydrogen) atoms. The first-order valence-electron chi connectivity index (χ1n) is 4.50. The van der Waals surface area contributed by atoms with Crippen molar-refractivity contribution in [3.8, 4) is 0 Å². The summed E-state index contributed by atoms with van der Waals surface area (Å²) in [5, 5.41) is 0. The molecule has 1 aromatic carbocycles. The van der Waals surface area contributed by atoms with Crippen LogP contribution in [-0.2, 0) is 0 Å². The topological polar surface area (TPSA) is 28.7 Å². The Balaban J connectivity index is 2.80. The van der Waals surface area contributed by atoms with E-state index in [0.29, 0.717) is 0 Å². The van der Waals surface area contributed by atoms with Crippen molar-refractivity contribution in [2.45, 2.75) is 6.92 Å². The van der Waals surface area contributed by atoms with Crippen molar-refractivity contribution >= 4 is 23.2 Å². The summed E-state index contributed by atoms with van der Waals surface area (Å²) < 4.78 is 0. The molecule has 0 fully saturated rings. The quantitative estimate of drug-likeness (QED) is 0.763. The summed E-state index contributed by atoms with van der Waals surface area (Å²) >= 11 is 0. The van der Waals surface area contributed by atoms with E-state index in [4.69, 9.17) is 0 Å². The van der Waals surface area contributed by atoms with Gasteiger partial charge in [-0.2, -0.15) is 0 Å². The van der Waals surface area contributed by atoms with Crippen LogP contribution in [0.1, 0.15) is 17.0 Å². The van der Waals surface area contributed by atoms with E-state index < -0.39 is 0 Å². The van der Waals surface area contributed by atoms with E-state index >= 15 is 0 Å². The second kappa shape index (κ2) is 3.14. The van der Waals surface area contributed by atoms with Crippen molar-refractivity contribution in [2.24, 2.45) is 0 Å². The average Bonchev–Trinajstić information content (AvgIpc) is 2.54. The van der Waals surface area contributed by atoms with Gasteiger partial charge in [-0.3, -0.25) is 0 Å². The van der Waals surface area contributed by atoms with Crippen LogP contribution in [0.5, 0.6) is 0 Å². The number of H-pyrrole nitrogens is 1. The maximum absolute atomic E-state index is 4.36. The van der Waals surface area contributed by atoms with Gasteiger partial charge >= 0.3 is 0 Å². The van der Waals surface area contributed by atoms with Crippen molar-refractivity contribution in [1.82, 2.24) is 9.97 Å². The van der Waals surface area contributed by atoms with Crippen LogP contribution in [0.2, 0.25) is 0 Å². The third kappa shape index (κ3) is 1.25. The summed E-state index contributed by atoms with van der Waals surface area (Å²) in [5.74, 6) is 0.927. The smallest absolute Gasteiger partial charge is 0.104 e. The fraction of sp³-hybridized carbons (Fsp3) is 0.0833. The highest BCUT2D eigenvalue weighted by Crippen LogP contribution is 2.20. The Morgan fingerprint density at radius 3 is 2.50 bits per heavy atom. The van der Waals surface area contributed by atoms with Crippen LogP contribution in [0, 0.1) is 6.92 Å². The second-order valence-corrected chi connectivity index (χ2v) is 3.23. The third-order valence-corrected chi connectivity index (χ3v) is 2.24. The van der Waals surface area contributed by atoms with Crippen LogP contribution in [0.25, 0.3) is 23.2 Å². The summed E-state index contributed by atoms with van der Waals surface area (Å²) in [6.07, 6.45) is 3.65. The normalized spacial score (nSPS) is 10.4. The lowest BCUT2D eigenvalue weighted by molar-refractivity contribution is 1.17. The molecule has 0 saturated heterocycles. The van der Waals surface area contributed by atoms with E-state index in [1.54, 1.807) is 0 Å². The van der Waals surface area contributed by atoms with Crippen LogP contribution in [0.15, 0.2) is 25.3 Å². The zero-order valence-electron chi connectivity index (χ0n) is 8.17. The Morgan fingerprint density at radius 1 is 1.21 bits per heavy atom. The van der Waals surface area contributed by atoms with E-state index in [1.807, 2.05) is 31.2 Å². The molecule has 1 aromatic heterocycles. The predicted octanol–water partition coefficient (Wildman–Crippen LogP) is 3.16. The van der Waals surface area contributed by atoms with Crippen LogP contribution in [0.3, 0.4) is 0 Å². The molecule has 0 aliphatic rings. The van der Waals surface area contributed by atoms with E-state index in [1.165, 1.54) is 0 Å². The first-order chi connectivity index (χ1) is 6.74. The molecule has 0 spiro atoms. The third-order valence-electron chi connectivity index (χ3n) is 2.24. The average molecular weight is 184 g/mol. The van der Waals surface area contributed by atoms with Crippen LogP contribution < -0.4 is 0 Å². The molecule has 0 radical (unpaired) electrons. The zero-order valence-corrected chi connectivity index (χ0v) is 8.17. The largest absolute Gasteiger partial charge is 0.342 e. The van der Waals surface area contributed by atoms with E-state index in [9.17, 15) is 0 Å². The van der Waals surface area contributed by atoms with Gasteiger partial charge in [0.2, 0.25) is 0 Å². The molecule has 2 heteroatoms. The first kappa shape index (κ1) is 8.75.